The Morgan fingerprint density at radius 2 is 2.17 bits per heavy atom. The van der Waals surface area contributed by atoms with E-state index in [1.807, 2.05) is 0 Å². The van der Waals surface area contributed by atoms with E-state index in [4.69, 9.17) is 5.11 Å². The fourth-order valence-corrected chi connectivity index (χ4v) is 2.31. The summed E-state index contributed by atoms with van der Waals surface area (Å²) < 4.78 is 13.6. The summed E-state index contributed by atoms with van der Waals surface area (Å²) in [5.41, 5.74) is 0.170. The molecule has 1 saturated heterocycles. The van der Waals surface area contributed by atoms with Gasteiger partial charge in [0.15, 0.2) is 0 Å². The number of likely N-dealkylation sites (tertiary alicyclic amines) is 1. The van der Waals surface area contributed by atoms with Gasteiger partial charge in [-0.1, -0.05) is 0 Å². The minimum atomic E-state index is -1.02. The second-order valence-electron chi connectivity index (χ2n) is 4.12. The van der Waals surface area contributed by atoms with E-state index in [0.717, 1.165) is 6.07 Å². The molecule has 1 aromatic rings. The molecule has 1 aliphatic rings. The van der Waals surface area contributed by atoms with Gasteiger partial charge in [-0.2, -0.15) is 0 Å². The molecule has 1 aliphatic heterocycles. The van der Waals surface area contributed by atoms with Crippen LogP contribution >= 0.6 is 15.9 Å². The Morgan fingerprint density at radius 1 is 1.44 bits per heavy atom. The van der Waals surface area contributed by atoms with Crippen molar-refractivity contribution in [3.63, 3.8) is 0 Å². The molecule has 0 bridgehead atoms. The fourth-order valence-electron chi connectivity index (χ4n) is 2.06. The van der Waals surface area contributed by atoms with E-state index in [2.05, 4.69) is 15.9 Å². The molecule has 0 aliphatic carbocycles. The first-order valence-corrected chi connectivity index (χ1v) is 6.29. The van der Waals surface area contributed by atoms with Crippen LogP contribution < -0.4 is 0 Å². The summed E-state index contributed by atoms with van der Waals surface area (Å²) in [6.45, 7) is 0.396. The van der Waals surface area contributed by atoms with Crippen molar-refractivity contribution in [2.75, 3.05) is 6.54 Å². The highest BCUT2D eigenvalue weighted by Gasteiger charge is 2.34. The Hall–Kier alpha value is -1.43. The van der Waals surface area contributed by atoms with Crippen molar-refractivity contribution in [2.24, 2.45) is 0 Å². The van der Waals surface area contributed by atoms with Gasteiger partial charge in [-0.25, -0.2) is 9.18 Å². The van der Waals surface area contributed by atoms with E-state index in [9.17, 15) is 14.0 Å². The number of nitrogens with zero attached hydrogens (tertiary/aromatic N) is 1. The first-order valence-electron chi connectivity index (χ1n) is 5.49. The van der Waals surface area contributed by atoms with Gasteiger partial charge >= 0.3 is 5.97 Å². The quantitative estimate of drug-likeness (QED) is 0.911. The molecule has 1 atom stereocenters. The van der Waals surface area contributed by atoms with Gasteiger partial charge < -0.3 is 10.0 Å². The van der Waals surface area contributed by atoms with E-state index in [-0.39, 0.29) is 10.0 Å². The Kier molecular flexibility index (Phi) is 3.65. The predicted molar refractivity (Wildman–Crippen MR) is 65.8 cm³/mol. The molecule has 4 nitrogen and oxygen atoms in total. The third-order valence-electron chi connectivity index (χ3n) is 2.97. The molecule has 1 aromatic carbocycles. The third kappa shape index (κ3) is 2.38. The van der Waals surface area contributed by atoms with Gasteiger partial charge in [-0.15, -0.1) is 0 Å². The topological polar surface area (TPSA) is 57.6 Å². The lowest BCUT2D eigenvalue weighted by molar-refractivity contribution is -0.141. The molecule has 1 fully saturated rings. The largest absolute Gasteiger partial charge is 0.480 e. The number of benzene rings is 1. The molecule has 1 N–H and O–H groups in total. The molecule has 18 heavy (non-hydrogen) atoms. The zero-order valence-corrected chi connectivity index (χ0v) is 11.0. The van der Waals surface area contributed by atoms with Crippen LogP contribution in [0, 0.1) is 5.82 Å². The van der Waals surface area contributed by atoms with Gasteiger partial charge in [0, 0.05) is 12.1 Å². The number of halogens is 2. The van der Waals surface area contributed by atoms with Crippen LogP contribution in [0.5, 0.6) is 0 Å². The normalized spacial score (nSPS) is 19.0. The number of hydrogen-bond acceptors (Lipinski definition) is 2. The summed E-state index contributed by atoms with van der Waals surface area (Å²) in [7, 11) is 0. The van der Waals surface area contributed by atoms with Crippen LogP contribution in [-0.4, -0.2) is 34.5 Å². The lowest BCUT2D eigenvalue weighted by Gasteiger charge is -2.21. The first kappa shape index (κ1) is 13.0. The SMILES string of the molecule is O=C(O)C1CCCN1C(=O)c1ccc(Br)c(F)c1. The second-order valence-corrected chi connectivity index (χ2v) is 4.98. The molecule has 1 heterocycles. The zero-order chi connectivity index (χ0) is 13.3. The number of carbonyl (C=O) groups excluding carboxylic acids is 1. The third-order valence-corrected chi connectivity index (χ3v) is 3.61. The highest BCUT2D eigenvalue weighted by atomic mass is 79.9. The fraction of sp³-hybridized carbons (Fsp3) is 0.333. The minimum absolute atomic E-state index is 0.170. The van der Waals surface area contributed by atoms with Crippen LogP contribution in [0.4, 0.5) is 4.39 Å². The molecule has 0 spiro atoms. The average molecular weight is 316 g/mol. The molecule has 2 rings (SSSR count). The van der Waals surface area contributed by atoms with Crippen molar-refractivity contribution >= 4 is 27.8 Å². The standard InChI is InChI=1S/C12H11BrFNO3/c13-8-4-3-7(6-9(8)14)11(16)15-5-1-2-10(15)12(17)18/h3-4,6,10H,1-2,5H2,(H,17,18). The van der Waals surface area contributed by atoms with Gasteiger partial charge in [0.2, 0.25) is 0 Å². The molecule has 1 unspecified atom stereocenters. The zero-order valence-electron chi connectivity index (χ0n) is 9.40. The molecule has 0 saturated carbocycles. The summed E-state index contributed by atoms with van der Waals surface area (Å²) in [5.74, 6) is -1.99. The van der Waals surface area contributed by atoms with Crippen LogP contribution in [0.1, 0.15) is 23.2 Å². The van der Waals surface area contributed by atoms with Crippen molar-refractivity contribution in [1.29, 1.82) is 0 Å². The number of hydrogen-bond donors (Lipinski definition) is 1. The van der Waals surface area contributed by atoms with Crippen molar-refractivity contribution in [2.45, 2.75) is 18.9 Å². The van der Waals surface area contributed by atoms with Gasteiger partial charge in [0.1, 0.15) is 11.9 Å². The van der Waals surface area contributed by atoms with Crippen LogP contribution in [0.15, 0.2) is 22.7 Å². The van der Waals surface area contributed by atoms with Gasteiger partial charge in [0.25, 0.3) is 5.91 Å². The van der Waals surface area contributed by atoms with Crippen molar-refractivity contribution < 1.29 is 19.1 Å². The maximum Gasteiger partial charge on any atom is 0.326 e. The summed E-state index contributed by atoms with van der Waals surface area (Å²) in [4.78, 5) is 24.4. The lowest BCUT2D eigenvalue weighted by atomic mass is 10.1. The molecule has 1 amide bonds. The first-order chi connectivity index (χ1) is 8.50. The highest BCUT2D eigenvalue weighted by molar-refractivity contribution is 9.10. The van der Waals surface area contributed by atoms with Crippen LogP contribution in [0.2, 0.25) is 0 Å². The molecular weight excluding hydrogens is 305 g/mol. The Morgan fingerprint density at radius 3 is 2.78 bits per heavy atom. The predicted octanol–water partition coefficient (Wildman–Crippen LogP) is 2.28. The van der Waals surface area contributed by atoms with Crippen molar-refractivity contribution in [3.8, 4) is 0 Å². The van der Waals surface area contributed by atoms with Crippen molar-refractivity contribution in [1.82, 2.24) is 4.90 Å². The number of carboxylic acid groups (broad SMARTS) is 1. The smallest absolute Gasteiger partial charge is 0.326 e. The second kappa shape index (κ2) is 5.06. The molecule has 0 radical (unpaired) electrons. The summed E-state index contributed by atoms with van der Waals surface area (Å²) in [5, 5.41) is 9.00. The van der Waals surface area contributed by atoms with E-state index in [0.29, 0.717) is 19.4 Å². The average Bonchev–Trinajstić information content (AvgIpc) is 2.81. The van der Waals surface area contributed by atoms with Crippen LogP contribution in [0.3, 0.4) is 0 Å². The molecule has 96 valence electrons. The Balaban J connectivity index is 2.25. The van der Waals surface area contributed by atoms with E-state index in [1.165, 1.54) is 17.0 Å². The van der Waals surface area contributed by atoms with E-state index >= 15 is 0 Å². The van der Waals surface area contributed by atoms with Gasteiger partial charge in [-0.3, -0.25) is 4.79 Å². The monoisotopic (exact) mass is 315 g/mol. The maximum atomic E-state index is 13.3. The minimum Gasteiger partial charge on any atom is -0.480 e. The van der Waals surface area contributed by atoms with E-state index < -0.39 is 23.7 Å². The molecular formula is C12H11BrFNO3. The molecule has 0 aromatic heterocycles. The lowest BCUT2D eigenvalue weighted by Crippen LogP contribution is -2.40. The number of carbonyl (C=O) groups is 2. The summed E-state index contributed by atoms with van der Waals surface area (Å²) >= 11 is 3.00. The molecule has 6 heteroatoms. The number of rotatable bonds is 2. The van der Waals surface area contributed by atoms with Crippen LogP contribution in [-0.2, 0) is 4.79 Å². The maximum absolute atomic E-state index is 13.3. The van der Waals surface area contributed by atoms with Crippen molar-refractivity contribution in [3.05, 3.63) is 34.1 Å². The van der Waals surface area contributed by atoms with E-state index in [1.54, 1.807) is 0 Å². The van der Waals surface area contributed by atoms with Crippen LogP contribution in [0.25, 0.3) is 0 Å². The number of carboxylic acids is 1. The Labute approximate surface area is 112 Å². The Bertz CT molecular complexity index is 506. The summed E-state index contributed by atoms with van der Waals surface area (Å²) in [6.07, 6.45) is 1.10. The highest BCUT2D eigenvalue weighted by Crippen LogP contribution is 2.22. The number of amides is 1. The van der Waals surface area contributed by atoms with Gasteiger partial charge in [0.05, 0.1) is 4.47 Å². The number of aliphatic carboxylic acids is 1. The van der Waals surface area contributed by atoms with Gasteiger partial charge in [-0.05, 0) is 47.0 Å². The summed E-state index contributed by atoms with van der Waals surface area (Å²) in [6, 6.07) is 3.23.